The molecule has 7 heteroatoms. The summed E-state index contributed by atoms with van der Waals surface area (Å²) in [5.41, 5.74) is 0.213. The zero-order valence-corrected chi connectivity index (χ0v) is 14.6. The maximum atomic E-state index is 13.4. The van der Waals surface area contributed by atoms with Gasteiger partial charge < -0.3 is 25.0 Å². The third kappa shape index (κ3) is 3.95. The Bertz CT molecular complexity index is 746. The van der Waals surface area contributed by atoms with Crippen molar-refractivity contribution in [2.45, 2.75) is 24.5 Å². The van der Waals surface area contributed by atoms with E-state index in [1.54, 1.807) is 19.4 Å². The highest BCUT2D eigenvalue weighted by molar-refractivity contribution is 5.29. The molecule has 0 bridgehead atoms. The van der Waals surface area contributed by atoms with Crippen molar-refractivity contribution in [3.8, 4) is 11.6 Å². The summed E-state index contributed by atoms with van der Waals surface area (Å²) in [6, 6.07) is 7.42. The first-order chi connectivity index (χ1) is 12.4. The fourth-order valence-corrected chi connectivity index (χ4v) is 3.25. The maximum absolute atomic E-state index is 13.4. The normalized spacial score (nSPS) is 18.5. The zero-order valence-electron chi connectivity index (χ0n) is 14.6. The van der Waals surface area contributed by atoms with Crippen molar-refractivity contribution in [2.24, 2.45) is 0 Å². The van der Waals surface area contributed by atoms with E-state index in [9.17, 15) is 19.7 Å². The van der Waals surface area contributed by atoms with E-state index in [-0.39, 0.29) is 0 Å². The maximum Gasteiger partial charge on any atom is 0.212 e. The van der Waals surface area contributed by atoms with Crippen molar-refractivity contribution < 1.29 is 24.4 Å². The zero-order chi connectivity index (χ0) is 18.7. The number of likely N-dealkylation sites (tertiary alicyclic amines) is 1. The van der Waals surface area contributed by atoms with E-state index < -0.39 is 23.3 Å². The first-order valence-electron chi connectivity index (χ1n) is 8.53. The summed E-state index contributed by atoms with van der Waals surface area (Å²) in [4.78, 5) is 6.18. The number of aromatic hydroxyl groups is 1. The number of hydrogen-bond acceptors (Lipinski definition) is 6. The molecule has 2 aromatic rings. The highest BCUT2D eigenvalue weighted by Crippen LogP contribution is 2.33. The number of nitrogens with zero attached hydrogens (tertiary/aromatic N) is 2. The largest absolute Gasteiger partial charge is 0.505 e. The second-order valence-electron chi connectivity index (χ2n) is 6.65. The highest BCUT2D eigenvalue weighted by Gasteiger charge is 2.34. The number of phenolic OH excluding ortho intramolecular Hbond substituents is 1. The molecule has 0 aliphatic carbocycles. The molecule has 140 valence electrons. The molecule has 6 nitrogen and oxygen atoms in total. The number of rotatable bonds is 5. The second-order valence-corrected chi connectivity index (χ2v) is 6.65. The smallest absolute Gasteiger partial charge is 0.212 e. The van der Waals surface area contributed by atoms with Crippen molar-refractivity contribution in [1.82, 2.24) is 9.88 Å². The van der Waals surface area contributed by atoms with Gasteiger partial charge in [-0.2, -0.15) is 0 Å². The van der Waals surface area contributed by atoms with E-state index in [1.807, 2.05) is 11.0 Å². The molecular formula is C19H23FN2O4. The molecule has 1 saturated heterocycles. The summed E-state index contributed by atoms with van der Waals surface area (Å²) in [5.74, 6) is -0.683. The minimum atomic E-state index is -0.953. The van der Waals surface area contributed by atoms with Gasteiger partial charge in [-0.05, 0) is 36.6 Å². The summed E-state index contributed by atoms with van der Waals surface area (Å²) in [7, 11) is 1.54. The van der Waals surface area contributed by atoms with Crippen LogP contribution in [0.15, 0.2) is 36.5 Å². The molecule has 3 N–H and O–H groups in total. The fourth-order valence-electron chi connectivity index (χ4n) is 3.25. The standard InChI is InChI=1S/C19H23FN2O4/c1-26-18-5-3-14(11-21-18)19(25)6-8-22(9-7-19)12-17(24)13-2-4-16(23)15(20)10-13/h2-5,10-11,17,23-25H,6-9,12H2,1H3. The number of aliphatic hydroxyl groups excluding tert-OH is 1. The lowest BCUT2D eigenvalue weighted by molar-refractivity contribution is -0.0347. The van der Waals surface area contributed by atoms with Crippen molar-refractivity contribution in [3.05, 3.63) is 53.5 Å². The molecule has 1 unspecified atom stereocenters. The molecule has 0 spiro atoms. The number of methoxy groups -OCH3 is 1. The van der Waals surface area contributed by atoms with Crippen molar-refractivity contribution in [2.75, 3.05) is 26.7 Å². The first kappa shape index (κ1) is 18.6. The van der Waals surface area contributed by atoms with Crippen LogP contribution in [0.1, 0.15) is 30.1 Å². The molecule has 0 saturated carbocycles. The molecule has 1 aromatic carbocycles. The molecule has 1 atom stereocenters. The van der Waals surface area contributed by atoms with Crippen LogP contribution < -0.4 is 4.74 Å². The molecule has 1 aliphatic rings. The first-order valence-corrected chi connectivity index (χ1v) is 8.53. The molecule has 0 radical (unpaired) electrons. The average molecular weight is 362 g/mol. The molecule has 0 amide bonds. The van der Waals surface area contributed by atoms with Crippen LogP contribution in [0, 0.1) is 5.82 Å². The molecule has 3 rings (SSSR count). The summed E-state index contributed by atoms with van der Waals surface area (Å²) in [6.45, 7) is 1.53. The number of aromatic nitrogens is 1. The van der Waals surface area contributed by atoms with Gasteiger partial charge in [0.25, 0.3) is 0 Å². The van der Waals surface area contributed by atoms with E-state index >= 15 is 0 Å². The van der Waals surface area contributed by atoms with Crippen molar-refractivity contribution in [3.63, 3.8) is 0 Å². The highest BCUT2D eigenvalue weighted by atomic mass is 19.1. The van der Waals surface area contributed by atoms with Crippen molar-refractivity contribution in [1.29, 1.82) is 0 Å². The van der Waals surface area contributed by atoms with Crippen LogP contribution in [-0.4, -0.2) is 51.9 Å². The van der Waals surface area contributed by atoms with Gasteiger partial charge in [-0.3, -0.25) is 0 Å². The van der Waals surface area contributed by atoms with Gasteiger partial charge in [0.15, 0.2) is 11.6 Å². The third-order valence-electron chi connectivity index (χ3n) is 4.95. The van der Waals surface area contributed by atoms with Crippen LogP contribution in [0.4, 0.5) is 4.39 Å². The SMILES string of the molecule is COc1ccc(C2(O)CCN(CC(O)c3ccc(O)c(F)c3)CC2)cn1. The minimum absolute atomic E-state index is 0.334. The van der Waals surface area contributed by atoms with Crippen LogP contribution >= 0.6 is 0 Å². The second kappa shape index (κ2) is 7.57. The van der Waals surface area contributed by atoms with E-state index in [4.69, 9.17) is 4.74 Å². The number of halogens is 1. The Hall–Kier alpha value is -2.22. The predicted octanol–water partition coefficient (Wildman–Crippen LogP) is 1.95. The molecule has 1 aromatic heterocycles. The van der Waals surface area contributed by atoms with Crippen LogP contribution in [-0.2, 0) is 5.60 Å². The lowest BCUT2D eigenvalue weighted by Gasteiger charge is -2.39. The number of ether oxygens (including phenoxy) is 1. The van der Waals surface area contributed by atoms with E-state index in [0.29, 0.717) is 43.9 Å². The average Bonchev–Trinajstić information content (AvgIpc) is 2.66. The van der Waals surface area contributed by atoms with E-state index in [1.165, 1.54) is 12.1 Å². The van der Waals surface area contributed by atoms with Gasteiger partial charge in [0.2, 0.25) is 5.88 Å². The van der Waals surface area contributed by atoms with Crippen LogP contribution in [0.2, 0.25) is 0 Å². The molecule has 26 heavy (non-hydrogen) atoms. The van der Waals surface area contributed by atoms with Gasteiger partial charge in [-0.25, -0.2) is 9.37 Å². The van der Waals surface area contributed by atoms with E-state index in [0.717, 1.165) is 11.6 Å². The predicted molar refractivity (Wildman–Crippen MR) is 93.4 cm³/mol. The van der Waals surface area contributed by atoms with Gasteiger partial charge in [-0.15, -0.1) is 0 Å². The van der Waals surface area contributed by atoms with Crippen molar-refractivity contribution >= 4 is 0 Å². The van der Waals surface area contributed by atoms with Crippen LogP contribution in [0.25, 0.3) is 0 Å². The Labute approximate surface area is 151 Å². The van der Waals surface area contributed by atoms with Gasteiger partial charge in [0.1, 0.15) is 0 Å². The Morgan fingerprint density at radius 2 is 2.00 bits per heavy atom. The molecule has 1 fully saturated rings. The number of benzene rings is 1. The lowest BCUT2D eigenvalue weighted by atomic mass is 9.85. The molecule has 2 heterocycles. The Balaban J connectivity index is 1.59. The van der Waals surface area contributed by atoms with Crippen LogP contribution in [0.5, 0.6) is 11.6 Å². The van der Waals surface area contributed by atoms with Crippen LogP contribution in [0.3, 0.4) is 0 Å². The monoisotopic (exact) mass is 362 g/mol. The Morgan fingerprint density at radius 3 is 2.58 bits per heavy atom. The molecule has 1 aliphatic heterocycles. The Kier molecular flexibility index (Phi) is 5.41. The quantitative estimate of drug-likeness (QED) is 0.754. The Morgan fingerprint density at radius 1 is 1.27 bits per heavy atom. The minimum Gasteiger partial charge on any atom is -0.505 e. The van der Waals surface area contributed by atoms with Gasteiger partial charge >= 0.3 is 0 Å². The lowest BCUT2D eigenvalue weighted by Crippen LogP contribution is -2.44. The summed E-state index contributed by atoms with van der Waals surface area (Å²) in [5, 5.41) is 30.4. The summed E-state index contributed by atoms with van der Waals surface area (Å²) < 4.78 is 18.5. The van der Waals surface area contributed by atoms with E-state index in [2.05, 4.69) is 4.98 Å². The number of β-amino-alcohol motifs (C(OH)–C–C–N with tert-alkyl or cyclic N) is 1. The molecular weight excluding hydrogens is 339 g/mol. The van der Waals surface area contributed by atoms with Gasteiger partial charge in [0, 0.05) is 37.5 Å². The number of aliphatic hydroxyl groups is 2. The van der Waals surface area contributed by atoms with Gasteiger partial charge in [0.05, 0.1) is 18.8 Å². The van der Waals surface area contributed by atoms with Gasteiger partial charge in [-0.1, -0.05) is 6.07 Å². The number of phenols is 1. The third-order valence-corrected chi connectivity index (χ3v) is 4.95. The number of hydrogen-bond donors (Lipinski definition) is 3. The summed E-state index contributed by atoms with van der Waals surface area (Å²) in [6.07, 6.45) is 1.79. The topological polar surface area (TPSA) is 86.1 Å². The summed E-state index contributed by atoms with van der Waals surface area (Å²) >= 11 is 0. The fraction of sp³-hybridized carbons (Fsp3) is 0.421. The number of pyridine rings is 1. The number of piperidine rings is 1.